The van der Waals surface area contributed by atoms with Gasteiger partial charge in [-0.05, 0) is 66.2 Å². The maximum atomic E-state index is 12.7. The van der Waals surface area contributed by atoms with Crippen LogP contribution in [0.4, 0.5) is 0 Å². The maximum absolute atomic E-state index is 12.7. The van der Waals surface area contributed by atoms with E-state index in [9.17, 15) is 4.79 Å². The van der Waals surface area contributed by atoms with Crippen LogP contribution in [-0.4, -0.2) is 24.2 Å². The molecule has 2 bridgehead atoms. The van der Waals surface area contributed by atoms with Gasteiger partial charge < -0.3 is 15.2 Å². The zero-order chi connectivity index (χ0) is 16.1. The summed E-state index contributed by atoms with van der Waals surface area (Å²) in [5, 5.41) is 6.96. The summed E-state index contributed by atoms with van der Waals surface area (Å²) in [6.07, 6.45) is 2.31. The van der Waals surface area contributed by atoms with E-state index in [0.717, 1.165) is 44.7 Å². The summed E-state index contributed by atoms with van der Waals surface area (Å²) in [5.74, 6) is 1.08. The van der Waals surface area contributed by atoms with E-state index in [1.54, 1.807) is 0 Å². The van der Waals surface area contributed by atoms with Crippen LogP contribution in [-0.2, 0) is 19.5 Å². The second-order valence-electron chi connectivity index (χ2n) is 7.48. The number of hydrogen-bond acceptors (Lipinski definition) is 3. The number of nitrogens with one attached hydrogen (secondary N) is 2. The molecule has 4 heteroatoms. The molecule has 124 valence electrons. The van der Waals surface area contributed by atoms with Crippen LogP contribution in [0.3, 0.4) is 0 Å². The molecule has 4 heterocycles. The summed E-state index contributed by atoms with van der Waals surface area (Å²) in [5.41, 5.74) is 6.43. The van der Waals surface area contributed by atoms with Crippen molar-refractivity contribution in [1.29, 1.82) is 0 Å². The average Bonchev–Trinajstić information content (AvgIpc) is 2.62. The molecular formula is C20H23N3O. The first-order valence-corrected chi connectivity index (χ1v) is 9.06. The van der Waals surface area contributed by atoms with E-state index in [-0.39, 0.29) is 5.56 Å². The predicted molar refractivity (Wildman–Crippen MR) is 95.3 cm³/mol. The second-order valence-corrected chi connectivity index (χ2v) is 7.48. The zero-order valence-electron chi connectivity index (χ0n) is 13.8. The smallest absolute Gasteiger partial charge is 0.251 e. The van der Waals surface area contributed by atoms with Crippen LogP contribution in [0.25, 0.3) is 11.1 Å². The summed E-state index contributed by atoms with van der Waals surface area (Å²) >= 11 is 0. The number of fused-ring (bicyclic) bond motifs is 5. The van der Waals surface area contributed by atoms with Gasteiger partial charge in [-0.15, -0.1) is 0 Å². The lowest BCUT2D eigenvalue weighted by atomic mass is 9.83. The zero-order valence-corrected chi connectivity index (χ0v) is 13.8. The minimum absolute atomic E-state index is 0.162. The molecule has 1 fully saturated rings. The normalized spacial score (nSPS) is 25.0. The van der Waals surface area contributed by atoms with Gasteiger partial charge in [-0.3, -0.25) is 4.79 Å². The lowest BCUT2D eigenvalue weighted by molar-refractivity contribution is 0.257. The van der Waals surface area contributed by atoms with Crippen molar-refractivity contribution in [2.45, 2.75) is 31.8 Å². The summed E-state index contributed by atoms with van der Waals surface area (Å²) in [6.45, 7) is 4.89. The molecular weight excluding hydrogens is 298 g/mol. The number of aromatic nitrogens is 1. The summed E-state index contributed by atoms with van der Waals surface area (Å²) in [7, 11) is 0. The van der Waals surface area contributed by atoms with Crippen molar-refractivity contribution in [1.82, 2.24) is 15.2 Å². The fourth-order valence-electron chi connectivity index (χ4n) is 4.63. The van der Waals surface area contributed by atoms with E-state index in [1.807, 2.05) is 10.6 Å². The van der Waals surface area contributed by atoms with E-state index >= 15 is 0 Å². The molecule has 1 aromatic carbocycles. The fraction of sp³-hybridized carbons (Fsp3) is 0.450. The third-order valence-corrected chi connectivity index (χ3v) is 5.89. The predicted octanol–water partition coefficient (Wildman–Crippen LogP) is 1.87. The van der Waals surface area contributed by atoms with Crippen LogP contribution in [0.5, 0.6) is 0 Å². The van der Waals surface area contributed by atoms with Crippen molar-refractivity contribution < 1.29 is 0 Å². The SMILES string of the molecule is O=c1cc(-c2ccc3c(c2)CNCC3)cc2n1C[C@@H]1CNC[C@H]2C1. The van der Waals surface area contributed by atoms with E-state index < -0.39 is 0 Å². The Balaban J connectivity index is 1.60. The third kappa shape index (κ3) is 2.33. The van der Waals surface area contributed by atoms with Crippen LogP contribution in [0.1, 0.15) is 29.2 Å². The van der Waals surface area contributed by atoms with Crippen molar-refractivity contribution in [2.24, 2.45) is 5.92 Å². The van der Waals surface area contributed by atoms with Crippen LogP contribution in [0, 0.1) is 5.92 Å². The van der Waals surface area contributed by atoms with Crippen LogP contribution in [0.2, 0.25) is 0 Å². The first-order valence-electron chi connectivity index (χ1n) is 9.06. The first-order chi connectivity index (χ1) is 11.8. The molecule has 0 aliphatic carbocycles. The van der Waals surface area contributed by atoms with Gasteiger partial charge in [0.15, 0.2) is 0 Å². The van der Waals surface area contributed by atoms with Gasteiger partial charge in [0.25, 0.3) is 5.56 Å². The van der Waals surface area contributed by atoms with Crippen LogP contribution in [0.15, 0.2) is 35.1 Å². The van der Waals surface area contributed by atoms with Gasteiger partial charge >= 0.3 is 0 Å². The Bertz CT molecular complexity index is 854. The van der Waals surface area contributed by atoms with Crippen molar-refractivity contribution in [2.75, 3.05) is 19.6 Å². The number of hydrogen-bond donors (Lipinski definition) is 2. The minimum atomic E-state index is 0.162. The molecule has 0 saturated carbocycles. The van der Waals surface area contributed by atoms with E-state index in [0.29, 0.717) is 11.8 Å². The van der Waals surface area contributed by atoms with Gasteiger partial charge in [0, 0.05) is 37.3 Å². The molecule has 0 amide bonds. The number of nitrogens with zero attached hydrogens (tertiary/aromatic N) is 1. The quantitative estimate of drug-likeness (QED) is 0.843. The lowest BCUT2D eigenvalue weighted by Gasteiger charge is -2.37. The molecule has 3 aliphatic rings. The highest BCUT2D eigenvalue weighted by molar-refractivity contribution is 5.65. The van der Waals surface area contributed by atoms with Crippen molar-refractivity contribution >= 4 is 0 Å². The van der Waals surface area contributed by atoms with Gasteiger partial charge in [-0.25, -0.2) is 0 Å². The van der Waals surface area contributed by atoms with Crippen molar-refractivity contribution in [3.8, 4) is 11.1 Å². The number of piperidine rings is 1. The highest BCUT2D eigenvalue weighted by Gasteiger charge is 2.31. The largest absolute Gasteiger partial charge is 0.316 e. The van der Waals surface area contributed by atoms with Gasteiger partial charge in [0.1, 0.15) is 0 Å². The molecule has 2 N–H and O–H groups in total. The van der Waals surface area contributed by atoms with Crippen LogP contribution >= 0.6 is 0 Å². The van der Waals surface area contributed by atoms with Gasteiger partial charge in [0.05, 0.1) is 0 Å². The molecule has 0 unspecified atom stereocenters. The first kappa shape index (κ1) is 14.4. The van der Waals surface area contributed by atoms with Crippen molar-refractivity contribution in [3.63, 3.8) is 0 Å². The highest BCUT2D eigenvalue weighted by Crippen LogP contribution is 2.34. The Hall–Kier alpha value is -1.91. The molecule has 24 heavy (non-hydrogen) atoms. The molecule has 1 saturated heterocycles. The Morgan fingerprint density at radius 1 is 1.00 bits per heavy atom. The topological polar surface area (TPSA) is 46.1 Å². The molecule has 0 radical (unpaired) electrons. The van der Waals surface area contributed by atoms with Crippen molar-refractivity contribution in [3.05, 3.63) is 57.5 Å². The molecule has 0 spiro atoms. The van der Waals surface area contributed by atoms with Gasteiger partial charge in [-0.2, -0.15) is 0 Å². The molecule has 5 rings (SSSR count). The monoisotopic (exact) mass is 321 g/mol. The second kappa shape index (κ2) is 5.57. The summed E-state index contributed by atoms with van der Waals surface area (Å²) < 4.78 is 2.02. The number of rotatable bonds is 1. The highest BCUT2D eigenvalue weighted by atomic mass is 16.1. The number of benzene rings is 1. The Kier molecular flexibility index (Phi) is 3.35. The van der Waals surface area contributed by atoms with Gasteiger partial charge in [-0.1, -0.05) is 12.1 Å². The lowest BCUT2D eigenvalue weighted by Crippen LogP contribution is -2.44. The summed E-state index contributed by atoms with van der Waals surface area (Å²) in [4.78, 5) is 12.7. The maximum Gasteiger partial charge on any atom is 0.251 e. The van der Waals surface area contributed by atoms with Gasteiger partial charge in [0.2, 0.25) is 0 Å². The Morgan fingerprint density at radius 3 is 2.92 bits per heavy atom. The molecule has 1 aromatic heterocycles. The molecule has 3 aliphatic heterocycles. The molecule has 4 nitrogen and oxygen atoms in total. The molecule has 2 aromatic rings. The molecule has 2 atom stereocenters. The van der Waals surface area contributed by atoms with E-state index in [1.165, 1.54) is 28.8 Å². The van der Waals surface area contributed by atoms with E-state index in [4.69, 9.17) is 0 Å². The Morgan fingerprint density at radius 2 is 1.96 bits per heavy atom. The summed E-state index contributed by atoms with van der Waals surface area (Å²) in [6, 6.07) is 10.8. The fourth-order valence-corrected chi connectivity index (χ4v) is 4.63. The average molecular weight is 321 g/mol. The Labute approximate surface area is 141 Å². The third-order valence-electron chi connectivity index (χ3n) is 5.89. The minimum Gasteiger partial charge on any atom is -0.316 e. The van der Waals surface area contributed by atoms with E-state index in [2.05, 4.69) is 34.9 Å². The number of pyridine rings is 1. The van der Waals surface area contributed by atoms with Crippen LogP contribution < -0.4 is 16.2 Å². The standard InChI is InChI=1S/C20H23N3O/c24-20-8-16(15-2-1-14-3-4-21-10-17(14)6-15)7-19-18-5-13(9-22-11-18)12-23(19)20/h1-2,6-8,13,18,21-22H,3-5,9-12H2/t13-,18+/m0/s1.